The number of aromatic nitrogens is 6. The molecule has 0 bridgehead atoms. The number of ether oxygens (including phenoxy) is 3. The minimum absolute atomic E-state index is 0.0253. The lowest BCUT2D eigenvalue weighted by molar-refractivity contribution is -0.159. The molecular weight excluding hydrogens is 924 g/mol. The number of fused-ring (bicyclic) bond motifs is 1. The number of alkyl halides is 3. The summed E-state index contributed by atoms with van der Waals surface area (Å²) in [4.78, 5) is 73.7. The molecule has 3 aliphatic heterocycles. The smallest absolute Gasteiger partial charge is 0.471 e. The Balaban J connectivity index is 0.759. The average Bonchev–Trinajstić information content (AvgIpc) is 4.19. The minimum atomic E-state index is -4.80. The molecular formula is C47H44F3N9O9S. The lowest BCUT2D eigenvalue weighted by Gasteiger charge is -2.40. The van der Waals surface area contributed by atoms with Crippen molar-refractivity contribution in [1.82, 2.24) is 45.7 Å². The summed E-state index contributed by atoms with van der Waals surface area (Å²) in [6, 6.07) is 19.4. The normalized spacial score (nSPS) is 19.4. The van der Waals surface area contributed by atoms with Crippen molar-refractivity contribution in [1.29, 1.82) is 0 Å². The zero-order valence-electron chi connectivity index (χ0n) is 36.8. The highest BCUT2D eigenvalue weighted by Crippen LogP contribution is 2.41. The van der Waals surface area contributed by atoms with E-state index in [4.69, 9.17) is 19.2 Å². The Hall–Kier alpha value is -7.17. The second kappa shape index (κ2) is 20.2. The van der Waals surface area contributed by atoms with Crippen molar-refractivity contribution < 1.29 is 55.9 Å². The molecule has 9 rings (SSSR count). The number of piperidine rings is 1. The summed E-state index contributed by atoms with van der Waals surface area (Å²) < 4.78 is 63.6. The molecule has 6 heterocycles. The van der Waals surface area contributed by atoms with Crippen molar-refractivity contribution in [2.24, 2.45) is 0 Å². The van der Waals surface area contributed by atoms with Crippen LogP contribution >= 0.6 is 11.3 Å². The number of hydrogen-bond donors (Lipinski definition) is 2. The SMILES string of the molecule is O=C1CCC(N2C(=O)c3cccc(OCCCn4cc(CCOCCC5CC(CNC(=O)c6cccc(-c7noc(C(F)(F)F)n7)c6)(c6nc(-c7ccccc7)cs6)CCO5)nn4)c3C2=O)C(=O)N1. The van der Waals surface area contributed by atoms with Gasteiger partial charge in [0.05, 0.1) is 41.8 Å². The van der Waals surface area contributed by atoms with Gasteiger partial charge in [-0.3, -0.25) is 38.9 Å². The Morgan fingerprint density at radius 2 is 1.80 bits per heavy atom. The van der Waals surface area contributed by atoms with Crippen molar-refractivity contribution in [2.75, 3.05) is 33.0 Å². The number of hydrogen-bond acceptors (Lipinski definition) is 15. The Kier molecular flexibility index (Phi) is 13.7. The van der Waals surface area contributed by atoms with Crippen LogP contribution in [0.2, 0.25) is 0 Å². The molecule has 3 unspecified atom stereocenters. The zero-order valence-corrected chi connectivity index (χ0v) is 37.6. The number of aryl methyl sites for hydroxylation is 1. The summed E-state index contributed by atoms with van der Waals surface area (Å²) in [5.74, 6) is -4.34. The molecule has 3 atom stereocenters. The molecule has 0 saturated carbocycles. The Labute approximate surface area is 395 Å². The molecule has 3 aliphatic rings. The predicted octanol–water partition coefficient (Wildman–Crippen LogP) is 5.84. The molecule has 2 fully saturated rings. The number of imide groups is 2. The summed E-state index contributed by atoms with van der Waals surface area (Å²) in [5.41, 5.74) is 2.55. The van der Waals surface area contributed by atoms with Gasteiger partial charge in [-0.15, -0.1) is 16.4 Å². The van der Waals surface area contributed by atoms with Gasteiger partial charge in [0, 0.05) is 79.2 Å². The number of rotatable bonds is 18. The van der Waals surface area contributed by atoms with Crippen LogP contribution in [0.3, 0.4) is 0 Å². The van der Waals surface area contributed by atoms with Crippen molar-refractivity contribution in [3.8, 4) is 28.4 Å². The van der Waals surface area contributed by atoms with Crippen molar-refractivity contribution in [3.63, 3.8) is 0 Å². The van der Waals surface area contributed by atoms with Gasteiger partial charge in [0.1, 0.15) is 16.8 Å². The molecule has 0 aliphatic carbocycles. The summed E-state index contributed by atoms with van der Waals surface area (Å²) in [5, 5.41) is 20.0. The first kappa shape index (κ1) is 46.9. The number of benzene rings is 3. The van der Waals surface area contributed by atoms with E-state index in [2.05, 4.69) is 35.6 Å². The lowest BCUT2D eigenvalue weighted by Crippen LogP contribution is -2.54. The van der Waals surface area contributed by atoms with Gasteiger partial charge in [-0.1, -0.05) is 58.9 Å². The van der Waals surface area contributed by atoms with Gasteiger partial charge in [0.25, 0.3) is 17.7 Å². The van der Waals surface area contributed by atoms with Crippen LogP contribution in [0.15, 0.2) is 88.9 Å². The molecule has 0 spiro atoms. The van der Waals surface area contributed by atoms with Gasteiger partial charge in [-0.2, -0.15) is 18.2 Å². The number of carbonyl (C=O) groups excluding carboxylic acids is 5. The van der Waals surface area contributed by atoms with E-state index in [0.717, 1.165) is 26.9 Å². The number of carbonyl (C=O) groups is 5. The van der Waals surface area contributed by atoms with Gasteiger partial charge in [-0.25, -0.2) is 4.98 Å². The van der Waals surface area contributed by atoms with Crippen LogP contribution in [0, 0.1) is 0 Å². The summed E-state index contributed by atoms with van der Waals surface area (Å²) in [6.07, 6.45) is -0.406. The molecule has 3 aromatic carbocycles. The fourth-order valence-electron chi connectivity index (χ4n) is 8.57. The molecule has 5 amide bonds. The van der Waals surface area contributed by atoms with Gasteiger partial charge < -0.3 is 24.1 Å². The molecule has 0 radical (unpaired) electrons. The first-order chi connectivity index (χ1) is 33.3. The van der Waals surface area contributed by atoms with Gasteiger partial charge >= 0.3 is 12.1 Å². The van der Waals surface area contributed by atoms with Gasteiger partial charge in [-0.05, 0) is 49.9 Å². The number of thiazole rings is 1. The van der Waals surface area contributed by atoms with Crippen LogP contribution < -0.4 is 15.4 Å². The van der Waals surface area contributed by atoms with Crippen LogP contribution in [-0.4, -0.2) is 110 Å². The maximum absolute atomic E-state index is 13.6. The second-order valence-electron chi connectivity index (χ2n) is 16.8. The molecule has 69 heavy (non-hydrogen) atoms. The fourth-order valence-corrected chi connectivity index (χ4v) is 9.64. The van der Waals surface area contributed by atoms with Crippen LogP contribution in [-0.2, 0) is 43.6 Å². The standard InChI is InChI=1S/C47H44F3N9O9S/c48-47(49,50)44-54-39(56-68-44)29-9-4-10-30(23-29)40(61)51-27-46(45-52-34(26-69-45)28-7-2-1-3-8-28)17-22-66-32(24-46)16-21-65-20-15-31-25-58(57-55-31)18-6-19-67-36-12-5-11-33-38(36)43(64)59(42(33)63)35-13-14-37(60)53-41(35)62/h1-5,7-12,23,25-26,32,35H,6,13-22,24,27H2,(H,51,61)(H,53,60,62). The summed E-state index contributed by atoms with van der Waals surface area (Å²) in [6.45, 7) is 2.08. The van der Waals surface area contributed by atoms with Crippen molar-refractivity contribution in [3.05, 3.63) is 118 Å². The van der Waals surface area contributed by atoms with Crippen LogP contribution in [0.1, 0.15) is 86.2 Å². The van der Waals surface area contributed by atoms with E-state index in [9.17, 15) is 37.1 Å². The monoisotopic (exact) mass is 967 g/mol. The van der Waals surface area contributed by atoms with Gasteiger partial charge in [0.15, 0.2) is 0 Å². The molecule has 2 saturated heterocycles. The maximum atomic E-state index is 13.6. The number of nitrogens with one attached hydrogen (secondary N) is 2. The van der Waals surface area contributed by atoms with E-state index in [-0.39, 0.29) is 65.9 Å². The van der Waals surface area contributed by atoms with Crippen LogP contribution in [0.4, 0.5) is 13.2 Å². The molecule has 18 nitrogen and oxygen atoms in total. The average molecular weight is 968 g/mol. The van der Waals surface area contributed by atoms with E-state index < -0.39 is 53.1 Å². The fraction of sp³-hybridized carbons (Fsp3) is 0.362. The Bertz CT molecular complexity index is 2870. The van der Waals surface area contributed by atoms with Crippen LogP contribution in [0.5, 0.6) is 5.75 Å². The third-order valence-corrected chi connectivity index (χ3v) is 13.2. The van der Waals surface area contributed by atoms with Crippen molar-refractivity contribution >= 4 is 40.9 Å². The number of amides is 5. The predicted molar refractivity (Wildman–Crippen MR) is 238 cm³/mol. The first-order valence-corrected chi connectivity index (χ1v) is 23.1. The highest BCUT2D eigenvalue weighted by atomic mass is 32.1. The Morgan fingerprint density at radius 1 is 0.971 bits per heavy atom. The van der Waals surface area contributed by atoms with E-state index >= 15 is 0 Å². The quantitative estimate of drug-likeness (QED) is 0.0764. The second-order valence-corrected chi connectivity index (χ2v) is 17.6. The van der Waals surface area contributed by atoms with Crippen molar-refractivity contribution in [2.45, 2.75) is 75.2 Å². The van der Waals surface area contributed by atoms with E-state index in [1.165, 1.54) is 35.6 Å². The molecule has 22 heteroatoms. The topological polar surface area (TPSA) is 223 Å². The lowest BCUT2D eigenvalue weighted by atomic mass is 9.77. The van der Waals surface area contributed by atoms with Crippen LogP contribution in [0.25, 0.3) is 22.6 Å². The molecule has 6 aromatic rings. The molecule has 3 aromatic heterocycles. The summed E-state index contributed by atoms with van der Waals surface area (Å²) >= 11 is 1.51. The largest absolute Gasteiger partial charge is 0.493 e. The number of halogens is 3. The first-order valence-electron chi connectivity index (χ1n) is 22.2. The van der Waals surface area contributed by atoms with Gasteiger partial charge in [0.2, 0.25) is 17.6 Å². The highest BCUT2D eigenvalue weighted by Gasteiger charge is 2.46. The minimum Gasteiger partial charge on any atom is -0.493 e. The maximum Gasteiger partial charge on any atom is 0.471 e. The van der Waals surface area contributed by atoms with E-state index in [0.29, 0.717) is 58.5 Å². The summed E-state index contributed by atoms with van der Waals surface area (Å²) in [7, 11) is 0. The van der Waals surface area contributed by atoms with E-state index in [1.807, 2.05) is 41.9 Å². The molecule has 358 valence electrons. The third-order valence-electron chi connectivity index (χ3n) is 12.1. The Morgan fingerprint density at radius 3 is 2.61 bits per heavy atom. The van der Waals surface area contributed by atoms with E-state index in [1.54, 1.807) is 22.9 Å². The third kappa shape index (κ3) is 10.5. The molecule has 2 N–H and O–H groups in total. The zero-order chi connectivity index (χ0) is 48.1. The highest BCUT2D eigenvalue weighted by molar-refractivity contribution is 7.10. The number of nitrogens with zero attached hydrogens (tertiary/aromatic N) is 7.